The number of anilines is 1. The number of nitrogens with one attached hydrogen (secondary N) is 1. The average molecular weight is 334 g/mol. The van der Waals surface area contributed by atoms with Gasteiger partial charge in [0.05, 0.1) is 23.5 Å². The Bertz CT molecular complexity index is 869. The lowest BCUT2D eigenvalue weighted by Gasteiger charge is -2.28. The normalized spacial score (nSPS) is 13.1. The molecule has 124 valence electrons. The van der Waals surface area contributed by atoms with Gasteiger partial charge in [-0.05, 0) is 29.8 Å². The fourth-order valence-electron chi connectivity index (χ4n) is 2.33. The Morgan fingerprint density at radius 3 is 2.80 bits per heavy atom. The van der Waals surface area contributed by atoms with Gasteiger partial charge in [0.15, 0.2) is 6.61 Å². The average Bonchev–Trinajstić information content (AvgIpc) is 2.65. The minimum Gasteiger partial charge on any atom is -0.482 e. The smallest absolute Gasteiger partial charge is 0.265 e. The van der Waals surface area contributed by atoms with E-state index in [0.29, 0.717) is 17.0 Å². The minimum absolute atomic E-state index is 0.0984. The van der Waals surface area contributed by atoms with Crippen molar-refractivity contribution < 1.29 is 14.3 Å². The molecule has 7 heteroatoms. The number of fused-ring (bicyclic) bond motifs is 1. The third kappa shape index (κ3) is 3.82. The molecule has 2 aromatic rings. The molecule has 0 atom stereocenters. The van der Waals surface area contributed by atoms with Crippen molar-refractivity contribution in [3.8, 4) is 11.8 Å². The van der Waals surface area contributed by atoms with E-state index in [9.17, 15) is 9.59 Å². The van der Waals surface area contributed by atoms with E-state index in [1.807, 2.05) is 6.07 Å². The molecule has 1 heterocycles. The Morgan fingerprint density at radius 1 is 1.28 bits per heavy atom. The molecule has 2 aromatic carbocycles. The molecule has 0 fully saturated rings. The molecule has 0 spiro atoms. The Kier molecular flexibility index (Phi) is 4.72. The van der Waals surface area contributed by atoms with Crippen LogP contribution < -0.4 is 15.1 Å². The zero-order chi connectivity index (χ0) is 17.6. The molecule has 0 unspecified atom stereocenters. The van der Waals surface area contributed by atoms with Gasteiger partial charge in [-0.15, -0.1) is 0 Å². The Hall–Kier alpha value is -3.66. The maximum absolute atomic E-state index is 12.1. The van der Waals surface area contributed by atoms with E-state index in [0.717, 1.165) is 5.56 Å². The van der Waals surface area contributed by atoms with Crippen LogP contribution in [0.2, 0.25) is 0 Å². The number of amides is 2. The molecule has 1 N–H and O–H groups in total. The lowest BCUT2D eigenvalue weighted by Crippen LogP contribution is -2.44. The molecule has 1 aliphatic rings. The molecule has 0 bridgehead atoms. The second kappa shape index (κ2) is 7.27. The van der Waals surface area contributed by atoms with Crippen LogP contribution in [0.1, 0.15) is 11.1 Å². The maximum atomic E-state index is 12.1. The molecule has 0 aromatic heterocycles. The molecule has 1 aliphatic heterocycles. The number of ether oxygens (including phenoxy) is 1. The van der Waals surface area contributed by atoms with E-state index in [4.69, 9.17) is 10.00 Å². The fraction of sp³-hybridized carbons (Fsp3) is 0.111. The summed E-state index contributed by atoms with van der Waals surface area (Å²) in [5.41, 5.74) is 4.24. The predicted octanol–water partition coefficient (Wildman–Crippen LogP) is 1.43. The summed E-state index contributed by atoms with van der Waals surface area (Å²) in [4.78, 5) is 25.4. The first kappa shape index (κ1) is 16.2. The topological polar surface area (TPSA) is 94.8 Å². The van der Waals surface area contributed by atoms with E-state index in [-0.39, 0.29) is 19.1 Å². The Labute approximate surface area is 144 Å². The molecular formula is C18H14N4O3. The lowest BCUT2D eigenvalue weighted by atomic mass is 10.2. The van der Waals surface area contributed by atoms with E-state index in [1.165, 1.54) is 11.1 Å². The van der Waals surface area contributed by atoms with Gasteiger partial charge >= 0.3 is 0 Å². The van der Waals surface area contributed by atoms with Crippen LogP contribution in [0, 0.1) is 11.3 Å². The highest BCUT2D eigenvalue weighted by Gasteiger charge is 2.26. The molecule has 7 nitrogen and oxygen atoms in total. The maximum Gasteiger partial charge on any atom is 0.265 e. The van der Waals surface area contributed by atoms with Crippen LogP contribution >= 0.6 is 0 Å². The van der Waals surface area contributed by atoms with Gasteiger partial charge in [-0.25, -0.2) is 5.43 Å². The Balaban J connectivity index is 1.62. The summed E-state index contributed by atoms with van der Waals surface area (Å²) in [6.07, 6.45) is 1.47. The summed E-state index contributed by atoms with van der Waals surface area (Å²) in [6, 6.07) is 15.8. The van der Waals surface area contributed by atoms with Crippen molar-refractivity contribution in [1.82, 2.24) is 5.43 Å². The highest BCUT2D eigenvalue weighted by atomic mass is 16.5. The molecule has 0 saturated heterocycles. The first-order valence-electron chi connectivity index (χ1n) is 7.51. The number of hydrogen-bond donors (Lipinski definition) is 1. The van der Waals surface area contributed by atoms with Crippen LogP contribution in [0.15, 0.2) is 53.6 Å². The Morgan fingerprint density at radius 2 is 2.04 bits per heavy atom. The number of carbonyl (C=O) groups excluding carboxylic acids is 2. The number of nitrogens with zero attached hydrogens (tertiary/aromatic N) is 3. The molecule has 0 saturated carbocycles. The minimum atomic E-state index is -0.421. The lowest BCUT2D eigenvalue weighted by molar-refractivity contribution is -0.125. The predicted molar refractivity (Wildman–Crippen MR) is 91.2 cm³/mol. The molecule has 3 rings (SSSR count). The van der Waals surface area contributed by atoms with Crippen molar-refractivity contribution in [3.05, 3.63) is 59.7 Å². The number of rotatable bonds is 4. The SMILES string of the molecule is N#Cc1ccc(/C=N\NC(=O)CN2C(=O)COc3ccccc32)cc1. The van der Waals surface area contributed by atoms with E-state index in [1.54, 1.807) is 48.5 Å². The van der Waals surface area contributed by atoms with Gasteiger partial charge in [0.1, 0.15) is 12.3 Å². The van der Waals surface area contributed by atoms with Crippen LogP contribution in [-0.2, 0) is 9.59 Å². The van der Waals surface area contributed by atoms with Gasteiger partial charge in [-0.2, -0.15) is 10.4 Å². The summed E-state index contributed by atoms with van der Waals surface area (Å²) in [5.74, 6) is -0.143. The van der Waals surface area contributed by atoms with Crippen molar-refractivity contribution in [2.45, 2.75) is 0 Å². The van der Waals surface area contributed by atoms with Crippen molar-refractivity contribution in [3.63, 3.8) is 0 Å². The number of hydrazone groups is 1. The second-order valence-electron chi connectivity index (χ2n) is 5.26. The monoisotopic (exact) mass is 334 g/mol. The molecular weight excluding hydrogens is 320 g/mol. The molecule has 0 radical (unpaired) electrons. The summed E-state index contributed by atoms with van der Waals surface area (Å²) in [7, 11) is 0. The van der Waals surface area contributed by atoms with Crippen LogP contribution in [0.4, 0.5) is 5.69 Å². The van der Waals surface area contributed by atoms with Crippen molar-refractivity contribution in [2.75, 3.05) is 18.1 Å². The summed E-state index contributed by atoms with van der Waals surface area (Å²) in [6.45, 7) is -0.247. The number of benzene rings is 2. The molecule has 2 amide bonds. The third-order valence-corrected chi connectivity index (χ3v) is 3.55. The van der Waals surface area contributed by atoms with Crippen molar-refractivity contribution in [2.24, 2.45) is 5.10 Å². The standard InChI is InChI=1S/C18H14N4O3/c19-9-13-5-7-14(8-6-13)10-20-21-17(23)11-22-15-3-1-2-4-16(15)25-12-18(22)24/h1-8,10H,11-12H2,(H,21,23)/b20-10-. The van der Waals surface area contributed by atoms with Crippen molar-refractivity contribution in [1.29, 1.82) is 5.26 Å². The van der Waals surface area contributed by atoms with Crippen LogP contribution in [0.3, 0.4) is 0 Å². The van der Waals surface area contributed by atoms with Gasteiger partial charge < -0.3 is 4.74 Å². The van der Waals surface area contributed by atoms with Gasteiger partial charge in [-0.1, -0.05) is 24.3 Å². The van der Waals surface area contributed by atoms with E-state index >= 15 is 0 Å². The highest BCUT2D eigenvalue weighted by molar-refractivity contribution is 6.02. The first-order chi connectivity index (χ1) is 12.2. The summed E-state index contributed by atoms with van der Waals surface area (Å²) in [5, 5.41) is 12.6. The third-order valence-electron chi connectivity index (χ3n) is 3.55. The van der Waals surface area contributed by atoms with Gasteiger partial charge in [0.2, 0.25) is 0 Å². The van der Waals surface area contributed by atoms with Crippen molar-refractivity contribution >= 4 is 23.7 Å². The summed E-state index contributed by atoms with van der Waals surface area (Å²) >= 11 is 0. The van der Waals surface area contributed by atoms with Gasteiger partial charge in [0.25, 0.3) is 11.8 Å². The second-order valence-corrected chi connectivity index (χ2v) is 5.26. The number of nitriles is 1. The highest BCUT2D eigenvalue weighted by Crippen LogP contribution is 2.31. The zero-order valence-corrected chi connectivity index (χ0v) is 13.2. The molecule has 25 heavy (non-hydrogen) atoms. The van der Waals surface area contributed by atoms with Crippen LogP contribution in [0.5, 0.6) is 5.75 Å². The number of carbonyl (C=O) groups is 2. The fourth-order valence-corrected chi connectivity index (χ4v) is 2.33. The largest absolute Gasteiger partial charge is 0.482 e. The quantitative estimate of drug-likeness (QED) is 0.676. The van der Waals surface area contributed by atoms with Crippen LogP contribution in [-0.4, -0.2) is 31.2 Å². The number of hydrogen-bond acceptors (Lipinski definition) is 5. The van der Waals surface area contributed by atoms with Gasteiger partial charge in [-0.3, -0.25) is 14.5 Å². The first-order valence-corrected chi connectivity index (χ1v) is 7.51. The summed E-state index contributed by atoms with van der Waals surface area (Å²) < 4.78 is 5.33. The number of para-hydroxylation sites is 2. The van der Waals surface area contributed by atoms with E-state index in [2.05, 4.69) is 10.5 Å². The van der Waals surface area contributed by atoms with Gasteiger partial charge in [0, 0.05) is 0 Å². The van der Waals surface area contributed by atoms with Crippen LogP contribution in [0.25, 0.3) is 0 Å². The van der Waals surface area contributed by atoms with E-state index < -0.39 is 5.91 Å². The molecule has 0 aliphatic carbocycles. The zero-order valence-electron chi connectivity index (χ0n) is 13.2.